The van der Waals surface area contributed by atoms with E-state index in [1.54, 1.807) is 56.8 Å². The van der Waals surface area contributed by atoms with Crippen LogP contribution in [0.2, 0.25) is 0 Å². The Balaban J connectivity index is 1.45. The highest BCUT2D eigenvalue weighted by Crippen LogP contribution is 2.48. The van der Waals surface area contributed by atoms with E-state index in [9.17, 15) is 9.59 Å². The van der Waals surface area contributed by atoms with E-state index in [0.29, 0.717) is 47.0 Å². The average molecular weight is 518 g/mol. The summed E-state index contributed by atoms with van der Waals surface area (Å²) >= 11 is 0. The molecule has 1 saturated carbocycles. The van der Waals surface area contributed by atoms with Gasteiger partial charge >= 0.3 is 0 Å². The van der Waals surface area contributed by atoms with Gasteiger partial charge in [0.25, 0.3) is 5.91 Å². The predicted octanol–water partition coefficient (Wildman–Crippen LogP) is 6.72. The van der Waals surface area contributed by atoms with E-state index >= 15 is 0 Å². The topological polar surface area (TPSA) is 99.1 Å². The van der Waals surface area contributed by atoms with E-state index in [4.69, 9.17) is 14.2 Å². The van der Waals surface area contributed by atoms with E-state index in [1.807, 2.05) is 6.07 Å². The zero-order valence-electron chi connectivity index (χ0n) is 22.5. The van der Waals surface area contributed by atoms with Crippen molar-refractivity contribution in [3.8, 4) is 23.0 Å². The SMILES string of the molecule is CCCCC(CCC)=NC(=O)C1(C(=O)Nc2ccc(Oc3ccnc4cc(OC)c(OC)cc34)cc2)CC1. The van der Waals surface area contributed by atoms with E-state index in [2.05, 4.69) is 29.1 Å². The molecule has 1 aliphatic carbocycles. The Morgan fingerprint density at radius 3 is 2.29 bits per heavy atom. The molecule has 1 fully saturated rings. The number of ether oxygens (including phenoxy) is 3. The lowest BCUT2D eigenvalue weighted by Crippen LogP contribution is -2.31. The maximum absolute atomic E-state index is 13.1. The van der Waals surface area contributed by atoms with Gasteiger partial charge in [0, 0.05) is 29.0 Å². The molecule has 2 aromatic carbocycles. The Labute approximate surface area is 223 Å². The van der Waals surface area contributed by atoms with Crippen LogP contribution in [-0.4, -0.2) is 36.7 Å². The molecule has 3 aromatic rings. The Morgan fingerprint density at radius 1 is 0.947 bits per heavy atom. The maximum Gasteiger partial charge on any atom is 0.261 e. The quantitative estimate of drug-likeness (QED) is 0.211. The van der Waals surface area contributed by atoms with Gasteiger partial charge in [0.15, 0.2) is 11.5 Å². The molecule has 200 valence electrons. The van der Waals surface area contributed by atoms with E-state index in [-0.39, 0.29) is 11.8 Å². The van der Waals surface area contributed by atoms with Gasteiger partial charge in [-0.3, -0.25) is 14.6 Å². The minimum absolute atomic E-state index is 0.299. The molecule has 2 amide bonds. The van der Waals surface area contributed by atoms with Crippen molar-refractivity contribution in [1.82, 2.24) is 4.98 Å². The van der Waals surface area contributed by atoms with Crippen LogP contribution in [0, 0.1) is 5.41 Å². The molecule has 1 heterocycles. The van der Waals surface area contributed by atoms with Gasteiger partial charge in [0.2, 0.25) is 5.91 Å². The smallest absolute Gasteiger partial charge is 0.261 e. The number of amides is 2. The van der Waals surface area contributed by atoms with E-state index in [1.165, 1.54) is 0 Å². The van der Waals surface area contributed by atoms with Gasteiger partial charge in [-0.05, 0) is 68.5 Å². The molecule has 0 spiro atoms. The minimum Gasteiger partial charge on any atom is -0.493 e. The summed E-state index contributed by atoms with van der Waals surface area (Å²) in [6.45, 7) is 4.19. The number of rotatable bonds is 12. The molecule has 0 aliphatic heterocycles. The lowest BCUT2D eigenvalue weighted by atomic mass is 10.0. The van der Waals surface area contributed by atoms with Crippen LogP contribution in [0.4, 0.5) is 5.69 Å². The number of methoxy groups -OCH3 is 2. The molecule has 1 aliphatic rings. The molecule has 0 bridgehead atoms. The van der Waals surface area contributed by atoms with E-state index in [0.717, 1.165) is 43.2 Å². The molecule has 8 heteroatoms. The van der Waals surface area contributed by atoms with Crippen molar-refractivity contribution in [2.75, 3.05) is 19.5 Å². The lowest BCUT2D eigenvalue weighted by molar-refractivity contribution is -0.132. The Kier molecular flexibility index (Phi) is 8.61. The van der Waals surface area contributed by atoms with Crippen LogP contribution in [0.1, 0.15) is 58.8 Å². The third kappa shape index (κ3) is 5.96. The zero-order valence-corrected chi connectivity index (χ0v) is 22.5. The second kappa shape index (κ2) is 12.1. The van der Waals surface area contributed by atoms with Crippen LogP contribution in [0.3, 0.4) is 0 Å². The second-order valence-electron chi connectivity index (χ2n) is 9.53. The van der Waals surface area contributed by atoms with Gasteiger partial charge in [0.05, 0.1) is 19.7 Å². The van der Waals surface area contributed by atoms with Crippen LogP contribution in [0.5, 0.6) is 23.0 Å². The van der Waals surface area contributed by atoms with Crippen molar-refractivity contribution < 1.29 is 23.8 Å². The largest absolute Gasteiger partial charge is 0.493 e. The normalized spacial score (nSPS) is 14.2. The molecule has 0 unspecified atom stereocenters. The molecular weight excluding hydrogens is 482 g/mol. The Hall–Kier alpha value is -3.94. The van der Waals surface area contributed by atoms with Crippen molar-refractivity contribution in [1.29, 1.82) is 0 Å². The van der Waals surface area contributed by atoms with Crippen LogP contribution in [0.15, 0.2) is 53.7 Å². The zero-order chi connectivity index (χ0) is 27.1. The fraction of sp³-hybridized carbons (Fsp3) is 0.400. The highest BCUT2D eigenvalue weighted by atomic mass is 16.5. The number of hydrogen-bond donors (Lipinski definition) is 1. The van der Waals surface area contributed by atoms with Crippen LogP contribution in [0.25, 0.3) is 10.9 Å². The number of carbonyl (C=O) groups excluding carboxylic acids is 2. The van der Waals surface area contributed by atoms with Gasteiger partial charge < -0.3 is 19.5 Å². The number of aliphatic imine (C=N–C) groups is 1. The molecule has 0 radical (unpaired) electrons. The van der Waals surface area contributed by atoms with Gasteiger partial charge in [-0.15, -0.1) is 0 Å². The van der Waals surface area contributed by atoms with Gasteiger partial charge in [-0.25, -0.2) is 4.99 Å². The molecule has 0 atom stereocenters. The molecule has 0 saturated heterocycles. The molecule has 4 rings (SSSR count). The first-order valence-electron chi connectivity index (χ1n) is 13.1. The van der Waals surface area contributed by atoms with Gasteiger partial charge in [-0.2, -0.15) is 0 Å². The molecule has 8 nitrogen and oxygen atoms in total. The summed E-state index contributed by atoms with van der Waals surface area (Å²) in [4.78, 5) is 34.8. The number of hydrogen-bond acceptors (Lipinski definition) is 6. The first kappa shape index (κ1) is 27.1. The van der Waals surface area contributed by atoms with Crippen molar-refractivity contribution >= 4 is 34.1 Å². The number of benzene rings is 2. The number of aromatic nitrogens is 1. The second-order valence-corrected chi connectivity index (χ2v) is 9.53. The maximum atomic E-state index is 13.1. The van der Waals surface area contributed by atoms with Crippen molar-refractivity contribution in [2.24, 2.45) is 10.4 Å². The summed E-state index contributed by atoms with van der Waals surface area (Å²) in [5.41, 5.74) is 1.16. The fourth-order valence-electron chi connectivity index (χ4n) is 4.34. The van der Waals surface area contributed by atoms with Crippen molar-refractivity contribution in [3.63, 3.8) is 0 Å². The monoisotopic (exact) mass is 517 g/mol. The highest BCUT2D eigenvalue weighted by molar-refractivity contribution is 6.15. The lowest BCUT2D eigenvalue weighted by Gasteiger charge is -2.14. The van der Waals surface area contributed by atoms with E-state index < -0.39 is 5.41 Å². The third-order valence-electron chi connectivity index (χ3n) is 6.76. The molecule has 1 aromatic heterocycles. The summed E-state index contributed by atoms with van der Waals surface area (Å²) in [5.74, 6) is 1.76. The number of fused-ring (bicyclic) bond motifs is 1. The van der Waals surface area contributed by atoms with Crippen molar-refractivity contribution in [2.45, 2.75) is 58.8 Å². The Bertz CT molecular complexity index is 1330. The van der Waals surface area contributed by atoms with Gasteiger partial charge in [0.1, 0.15) is 16.9 Å². The number of nitrogens with zero attached hydrogens (tertiary/aromatic N) is 2. The average Bonchev–Trinajstić information content (AvgIpc) is 3.75. The minimum atomic E-state index is -1.05. The van der Waals surface area contributed by atoms with Gasteiger partial charge in [-0.1, -0.05) is 26.7 Å². The van der Waals surface area contributed by atoms with Crippen molar-refractivity contribution in [3.05, 3.63) is 48.7 Å². The Morgan fingerprint density at radius 2 is 1.66 bits per heavy atom. The molecular formula is C30H35N3O5. The molecule has 1 N–H and O–H groups in total. The first-order valence-corrected chi connectivity index (χ1v) is 13.1. The third-order valence-corrected chi connectivity index (χ3v) is 6.76. The number of carbonyl (C=O) groups is 2. The molecule has 38 heavy (non-hydrogen) atoms. The first-order chi connectivity index (χ1) is 18.4. The number of nitrogens with one attached hydrogen (secondary N) is 1. The van der Waals surface area contributed by atoms with Crippen LogP contribution < -0.4 is 19.5 Å². The standard InChI is InChI=1S/C30H35N3O5/c1-5-7-9-20(8-6-2)32-28(34)30(15-16-30)29(35)33-21-10-12-22(13-11-21)38-25-14-17-31-24-19-27(37-4)26(36-3)18-23(24)25/h10-14,17-19H,5-9,15-16H2,1-4H3,(H,33,35). The fourth-order valence-corrected chi connectivity index (χ4v) is 4.34. The summed E-state index contributed by atoms with van der Waals surface area (Å²) < 4.78 is 16.9. The summed E-state index contributed by atoms with van der Waals surface area (Å²) in [6.07, 6.45) is 7.29. The van der Waals surface area contributed by atoms with Crippen LogP contribution >= 0.6 is 0 Å². The summed E-state index contributed by atoms with van der Waals surface area (Å²) in [7, 11) is 3.16. The predicted molar refractivity (Wildman–Crippen MR) is 149 cm³/mol. The summed E-state index contributed by atoms with van der Waals surface area (Å²) in [5, 5.41) is 3.67. The van der Waals surface area contributed by atoms with Crippen LogP contribution in [-0.2, 0) is 9.59 Å². The number of anilines is 1. The summed E-state index contributed by atoms with van der Waals surface area (Å²) in [6, 6.07) is 12.5. The highest BCUT2D eigenvalue weighted by Gasteiger charge is 2.56. The number of pyridine rings is 1. The number of unbranched alkanes of at least 4 members (excludes halogenated alkanes) is 1.